The van der Waals surface area contributed by atoms with E-state index in [0.29, 0.717) is 24.7 Å². The third-order valence-corrected chi connectivity index (χ3v) is 5.80. The number of carbonyl (C=O) groups is 2. The van der Waals surface area contributed by atoms with Gasteiger partial charge in [0.15, 0.2) is 11.5 Å². The van der Waals surface area contributed by atoms with Crippen LogP contribution in [0.15, 0.2) is 76.9 Å². The third-order valence-electron chi connectivity index (χ3n) is 5.27. The van der Waals surface area contributed by atoms with Gasteiger partial charge in [0.2, 0.25) is 0 Å². The summed E-state index contributed by atoms with van der Waals surface area (Å²) in [4.78, 5) is 26.5. The molecule has 1 N–H and O–H groups in total. The first-order valence-corrected chi connectivity index (χ1v) is 11.8. The topological polar surface area (TPSA) is 67.9 Å². The van der Waals surface area contributed by atoms with E-state index >= 15 is 0 Å². The van der Waals surface area contributed by atoms with E-state index in [0.717, 1.165) is 26.7 Å². The van der Waals surface area contributed by atoms with E-state index in [9.17, 15) is 9.59 Å². The monoisotopic (exact) mass is 520 g/mol. The minimum absolute atomic E-state index is 0.219. The molecule has 4 rings (SSSR count). The van der Waals surface area contributed by atoms with Crippen LogP contribution >= 0.6 is 15.9 Å². The van der Waals surface area contributed by atoms with E-state index in [1.54, 1.807) is 12.1 Å². The maximum Gasteiger partial charge on any atom is 0.329 e. The molecule has 7 heteroatoms. The van der Waals surface area contributed by atoms with Gasteiger partial charge in [-0.25, -0.2) is 4.79 Å². The number of aryl methyl sites for hydroxylation is 1. The second kappa shape index (κ2) is 10.6. The van der Waals surface area contributed by atoms with Crippen LogP contribution in [0.2, 0.25) is 0 Å². The second-order valence-corrected chi connectivity index (χ2v) is 8.84. The molecule has 1 aliphatic rings. The Kier molecular flexibility index (Phi) is 7.33. The van der Waals surface area contributed by atoms with Gasteiger partial charge in [0.25, 0.3) is 5.91 Å². The van der Waals surface area contributed by atoms with Crippen LogP contribution in [0.3, 0.4) is 0 Å². The lowest BCUT2D eigenvalue weighted by Gasteiger charge is -2.13. The lowest BCUT2D eigenvalue weighted by atomic mass is 10.1. The van der Waals surface area contributed by atoms with Crippen molar-refractivity contribution in [3.8, 4) is 11.5 Å². The predicted octanol–water partition coefficient (Wildman–Crippen LogP) is 5.83. The summed E-state index contributed by atoms with van der Waals surface area (Å²) < 4.78 is 12.7. The van der Waals surface area contributed by atoms with Crippen molar-refractivity contribution >= 4 is 33.9 Å². The number of urea groups is 1. The predicted molar refractivity (Wildman–Crippen MR) is 134 cm³/mol. The Morgan fingerprint density at radius 3 is 2.47 bits per heavy atom. The number of imide groups is 1. The number of ether oxygens (including phenoxy) is 2. The summed E-state index contributed by atoms with van der Waals surface area (Å²) in [5, 5.41) is 2.68. The van der Waals surface area contributed by atoms with Gasteiger partial charge >= 0.3 is 6.03 Å². The number of amides is 3. The van der Waals surface area contributed by atoms with Crippen molar-refractivity contribution in [2.75, 3.05) is 6.61 Å². The van der Waals surface area contributed by atoms with Crippen LogP contribution in [0, 0.1) is 6.92 Å². The number of hydrogen-bond donors (Lipinski definition) is 1. The quantitative estimate of drug-likeness (QED) is 0.299. The Bertz CT molecular complexity index is 1240. The molecular weight excluding hydrogens is 496 g/mol. The molecule has 0 bridgehead atoms. The van der Waals surface area contributed by atoms with Gasteiger partial charge in [-0.15, -0.1) is 0 Å². The lowest BCUT2D eigenvalue weighted by Crippen LogP contribution is -2.30. The normalized spacial score (nSPS) is 14.4. The van der Waals surface area contributed by atoms with Crippen LogP contribution in [0.1, 0.15) is 29.2 Å². The Morgan fingerprint density at radius 2 is 1.74 bits per heavy atom. The molecule has 0 atom stereocenters. The van der Waals surface area contributed by atoms with Gasteiger partial charge in [-0.1, -0.05) is 64.0 Å². The zero-order valence-electron chi connectivity index (χ0n) is 19.0. The number of hydrogen-bond acceptors (Lipinski definition) is 4. The Labute approximate surface area is 207 Å². The van der Waals surface area contributed by atoms with Crippen molar-refractivity contribution in [1.29, 1.82) is 0 Å². The fraction of sp³-hybridized carbons (Fsp3) is 0.185. The Balaban J connectivity index is 1.50. The van der Waals surface area contributed by atoms with Gasteiger partial charge < -0.3 is 14.8 Å². The minimum Gasteiger partial charge on any atom is -0.490 e. The molecule has 0 aromatic heterocycles. The average Bonchev–Trinajstić information content (AvgIpc) is 3.07. The molecule has 0 spiro atoms. The first-order valence-electron chi connectivity index (χ1n) is 11.0. The molecule has 0 unspecified atom stereocenters. The van der Waals surface area contributed by atoms with Gasteiger partial charge in [-0.05, 0) is 60.9 Å². The van der Waals surface area contributed by atoms with Crippen LogP contribution in [-0.4, -0.2) is 23.4 Å². The highest BCUT2D eigenvalue weighted by molar-refractivity contribution is 9.10. The van der Waals surface area contributed by atoms with E-state index in [2.05, 4.69) is 21.2 Å². The van der Waals surface area contributed by atoms with E-state index in [1.807, 2.05) is 74.5 Å². The SMILES string of the molecule is CCOc1cc(/C=C2/NC(=O)N(Cc3cccc(C)c3)C2=O)ccc1OCc1ccc(Br)cc1. The number of rotatable bonds is 8. The molecule has 174 valence electrons. The van der Waals surface area contributed by atoms with Crippen LogP contribution in [-0.2, 0) is 17.9 Å². The average molecular weight is 521 g/mol. The smallest absolute Gasteiger partial charge is 0.329 e. The highest BCUT2D eigenvalue weighted by Gasteiger charge is 2.33. The van der Waals surface area contributed by atoms with Gasteiger partial charge in [-0.2, -0.15) is 0 Å². The molecule has 3 aromatic rings. The molecule has 0 aliphatic carbocycles. The van der Waals surface area contributed by atoms with Crippen LogP contribution in [0.25, 0.3) is 6.08 Å². The number of halogens is 1. The summed E-state index contributed by atoms with van der Waals surface area (Å²) in [5.74, 6) is 0.817. The maximum absolute atomic E-state index is 12.9. The fourth-order valence-corrected chi connectivity index (χ4v) is 3.88. The van der Waals surface area contributed by atoms with Crippen molar-refractivity contribution < 1.29 is 19.1 Å². The number of nitrogens with zero attached hydrogens (tertiary/aromatic N) is 1. The van der Waals surface area contributed by atoms with Crippen LogP contribution in [0.5, 0.6) is 11.5 Å². The summed E-state index contributed by atoms with van der Waals surface area (Å²) in [6.07, 6.45) is 1.65. The van der Waals surface area contributed by atoms with E-state index in [-0.39, 0.29) is 18.1 Å². The fourth-order valence-electron chi connectivity index (χ4n) is 3.62. The summed E-state index contributed by atoms with van der Waals surface area (Å²) >= 11 is 3.43. The molecule has 34 heavy (non-hydrogen) atoms. The van der Waals surface area contributed by atoms with Crippen molar-refractivity contribution in [2.45, 2.75) is 27.0 Å². The van der Waals surface area contributed by atoms with Crippen molar-refractivity contribution in [3.05, 3.63) is 99.2 Å². The van der Waals surface area contributed by atoms with Crippen molar-refractivity contribution in [3.63, 3.8) is 0 Å². The summed E-state index contributed by atoms with van der Waals surface area (Å²) in [6, 6.07) is 20.7. The summed E-state index contributed by atoms with van der Waals surface area (Å²) in [5.41, 5.74) is 3.95. The molecule has 3 amide bonds. The number of benzene rings is 3. The van der Waals surface area contributed by atoms with E-state index in [4.69, 9.17) is 9.47 Å². The highest BCUT2D eigenvalue weighted by atomic mass is 79.9. The number of carbonyl (C=O) groups excluding carboxylic acids is 2. The van der Waals surface area contributed by atoms with Gasteiger partial charge in [0.05, 0.1) is 13.2 Å². The molecule has 1 heterocycles. The van der Waals surface area contributed by atoms with E-state index in [1.165, 1.54) is 4.90 Å². The molecule has 6 nitrogen and oxygen atoms in total. The number of nitrogens with one attached hydrogen (secondary N) is 1. The van der Waals surface area contributed by atoms with Gasteiger partial charge in [0.1, 0.15) is 12.3 Å². The molecular formula is C27H25BrN2O4. The van der Waals surface area contributed by atoms with Crippen molar-refractivity contribution in [2.24, 2.45) is 0 Å². The maximum atomic E-state index is 12.9. The Hall–Kier alpha value is -3.58. The van der Waals surface area contributed by atoms with Gasteiger partial charge in [0, 0.05) is 4.47 Å². The molecule has 1 aliphatic heterocycles. The third kappa shape index (κ3) is 5.66. The molecule has 0 radical (unpaired) electrons. The summed E-state index contributed by atoms with van der Waals surface area (Å²) in [6.45, 7) is 4.96. The zero-order chi connectivity index (χ0) is 24.1. The molecule has 3 aromatic carbocycles. The molecule has 1 fully saturated rings. The zero-order valence-corrected chi connectivity index (χ0v) is 20.6. The van der Waals surface area contributed by atoms with Crippen LogP contribution < -0.4 is 14.8 Å². The molecule has 1 saturated heterocycles. The first kappa shape index (κ1) is 23.6. The first-order chi connectivity index (χ1) is 16.4. The van der Waals surface area contributed by atoms with Crippen LogP contribution in [0.4, 0.5) is 4.79 Å². The largest absolute Gasteiger partial charge is 0.490 e. The standard InChI is InChI=1S/C27H25BrN2O4/c1-3-33-25-15-20(9-12-24(25)34-17-19-7-10-22(28)11-8-19)14-23-26(31)30(27(32)29-23)16-21-6-4-5-18(2)13-21/h4-15H,3,16-17H2,1-2H3,(H,29,32)/b23-14+. The minimum atomic E-state index is -0.433. The lowest BCUT2D eigenvalue weighted by molar-refractivity contribution is -0.123. The summed E-state index contributed by atoms with van der Waals surface area (Å²) in [7, 11) is 0. The Morgan fingerprint density at radius 1 is 0.941 bits per heavy atom. The van der Waals surface area contributed by atoms with E-state index < -0.39 is 6.03 Å². The highest BCUT2D eigenvalue weighted by Crippen LogP contribution is 2.30. The van der Waals surface area contributed by atoms with Crippen molar-refractivity contribution in [1.82, 2.24) is 10.2 Å². The van der Waals surface area contributed by atoms with Gasteiger partial charge in [-0.3, -0.25) is 9.69 Å². The second-order valence-electron chi connectivity index (χ2n) is 7.92. The molecule has 0 saturated carbocycles.